The summed E-state index contributed by atoms with van der Waals surface area (Å²) in [6.45, 7) is 3.18. The number of nitrogens with zero attached hydrogens (tertiary/aromatic N) is 1. The van der Waals surface area contributed by atoms with Crippen LogP contribution < -0.4 is 15.2 Å². The molecule has 41 heavy (non-hydrogen) atoms. The molecule has 0 saturated heterocycles. The van der Waals surface area contributed by atoms with Gasteiger partial charge >= 0.3 is 0 Å². The van der Waals surface area contributed by atoms with Crippen molar-refractivity contribution in [2.45, 2.75) is 103 Å². The van der Waals surface area contributed by atoms with E-state index in [-0.39, 0.29) is 5.91 Å². The van der Waals surface area contributed by atoms with E-state index in [1.807, 2.05) is 19.1 Å². The van der Waals surface area contributed by atoms with E-state index >= 15 is 0 Å². The third kappa shape index (κ3) is 7.65. The van der Waals surface area contributed by atoms with Crippen molar-refractivity contribution in [2.24, 2.45) is 17.6 Å². The van der Waals surface area contributed by atoms with Crippen LogP contribution in [0, 0.1) is 11.8 Å². The highest BCUT2D eigenvalue weighted by Crippen LogP contribution is 2.37. The van der Waals surface area contributed by atoms with Crippen LogP contribution in [0.4, 0.5) is 0 Å². The van der Waals surface area contributed by atoms with E-state index in [1.54, 1.807) is 7.11 Å². The van der Waals surface area contributed by atoms with Gasteiger partial charge in [-0.3, -0.25) is 4.79 Å². The third-order valence-electron chi connectivity index (χ3n) is 9.53. The smallest absolute Gasteiger partial charge is 0.223 e. The summed E-state index contributed by atoms with van der Waals surface area (Å²) in [5, 5.41) is 1.26. The summed E-state index contributed by atoms with van der Waals surface area (Å²) in [7, 11) is 1.67. The first-order valence-corrected chi connectivity index (χ1v) is 15.9. The number of hydrogen-bond donors (Lipinski definition) is 2. The Labute approximate surface area is 246 Å². The first-order chi connectivity index (χ1) is 20.0. The molecule has 1 amide bonds. The van der Waals surface area contributed by atoms with Crippen molar-refractivity contribution in [1.82, 2.24) is 9.88 Å². The van der Waals surface area contributed by atoms with Gasteiger partial charge in [-0.1, -0.05) is 24.3 Å². The number of aryl methyl sites for hydroxylation is 1. The topological polar surface area (TPSA) is 80.6 Å². The van der Waals surface area contributed by atoms with Gasteiger partial charge in [0, 0.05) is 42.1 Å². The summed E-state index contributed by atoms with van der Waals surface area (Å²) in [5.74, 6) is 3.37. The Kier molecular flexibility index (Phi) is 10.3. The van der Waals surface area contributed by atoms with E-state index in [2.05, 4.69) is 46.4 Å². The predicted molar refractivity (Wildman–Crippen MR) is 166 cm³/mol. The molecule has 0 aliphatic heterocycles. The highest BCUT2D eigenvalue weighted by Gasteiger charge is 2.31. The Bertz CT molecular complexity index is 1250. The van der Waals surface area contributed by atoms with Crippen LogP contribution in [0.15, 0.2) is 48.7 Å². The lowest BCUT2D eigenvalue weighted by molar-refractivity contribution is -0.135. The zero-order chi connectivity index (χ0) is 28.6. The molecule has 3 N–H and O–H groups in total. The molecule has 0 bridgehead atoms. The van der Waals surface area contributed by atoms with Crippen LogP contribution in [0.2, 0.25) is 0 Å². The Hall–Kier alpha value is -2.99. The van der Waals surface area contributed by atoms with E-state index in [0.29, 0.717) is 31.7 Å². The lowest BCUT2D eigenvalue weighted by atomic mass is 9.75. The molecule has 2 saturated carbocycles. The molecule has 222 valence electrons. The van der Waals surface area contributed by atoms with Crippen LogP contribution in [0.1, 0.15) is 88.7 Å². The molecule has 6 nitrogen and oxygen atoms in total. The molecule has 0 atom stereocenters. The van der Waals surface area contributed by atoms with Gasteiger partial charge in [0.2, 0.25) is 5.91 Å². The number of amides is 1. The minimum Gasteiger partial charge on any atom is -0.493 e. The minimum absolute atomic E-state index is 0.267. The van der Waals surface area contributed by atoms with Crippen LogP contribution in [0.3, 0.4) is 0 Å². The molecule has 0 spiro atoms. The molecule has 2 fully saturated rings. The standard InChI is InChI=1S/C35H49N3O3/c1-3-41-34-22-27(15-20-33(34)40-2)24-38(30-18-13-26(14-19-30)21-25-11-16-29(36)17-12-25)35(39)10-6-7-28-23-37-32-9-5-4-8-31(28)32/h4-5,8-9,15,20,22-23,25-26,29-30,37H,3,6-7,10-14,16-19,21,24,36H2,1-2H3. The van der Waals surface area contributed by atoms with E-state index in [0.717, 1.165) is 60.1 Å². The number of aromatic nitrogens is 1. The number of hydrogen-bond acceptors (Lipinski definition) is 4. The van der Waals surface area contributed by atoms with Crippen molar-refractivity contribution < 1.29 is 14.3 Å². The fourth-order valence-corrected chi connectivity index (χ4v) is 7.21. The second kappa shape index (κ2) is 14.3. The van der Waals surface area contributed by atoms with E-state index in [9.17, 15) is 4.79 Å². The maximum absolute atomic E-state index is 13.9. The first-order valence-electron chi connectivity index (χ1n) is 15.9. The van der Waals surface area contributed by atoms with Crippen molar-refractivity contribution in [3.63, 3.8) is 0 Å². The van der Waals surface area contributed by atoms with Crippen molar-refractivity contribution in [3.8, 4) is 11.5 Å². The van der Waals surface area contributed by atoms with Crippen LogP contribution >= 0.6 is 0 Å². The quantitative estimate of drug-likeness (QED) is 0.242. The average Bonchev–Trinajstić information content (AvgIpc) is 3.41. The number of carbonyl (C=O) groups is 1. The van der Waals surface area contributed by atoms with Gasteiger partial charge in [0.1, 0.15) is 0 Å². The van der Waals surface area contributed by atoms with Crippen molar-refractivity contribution in [3.05, 3.63) is 59.8 Å². The lowest BCUT2D eigenvalue weighted by Crippen LogP contribution is -2.42. The summed E-state index contributed by atoms with van der Waals surface area (Å²) in [6, 6.07) is 15.2. The van der Waals surface area contributed by atoms with E-state index < -0.39 is 0 Å². The number of carbonyl (C=O) groups excluding carboxylic acids is 1. The maximum atomic E-state index is 13.9. The monoisotopic (exact) mass is 559 g/mol. The minimum atomic E-state index is 0.267. The molecule has 1 aromatic heterocycles. The molecule has 2 aliphatic carbocycles. The van der Waals surface area contributed by atoms with Crippen LogP contribution in [-0.2, 0) is 17.8 Å². The first kappa shape index (κ1) is 29.5. The van der Waals surface area contributed by atoms with Gasteiger partial charge in [0.05, 0.1) is 13.7 Å². The number of methoxy groups -OCH3 is 1. The Morgan fingerprint density at radius 3 is 2.44 bits per heavy atom. The number of para-hydroxylation sites is 1. The Morgan fingerprint density at radius 2 is 1.71 bits per heavy atom. The highest BCUT2D eigenvalue weighted by atomic mass is 16.5. The maximum Gasteiger partial charge on any atom is 0.223 e. The summed E-state index contributed by atoms with van der Waals surface area (Å²) >= 11 is 0. The van der Waals surface area contributed by atoms with Gasteiger partial charge < -0.3 is 25.1 Å². The molecule has 5 rings (SSSR count). The normalized spacial score (nSPS) is 22.9. The number of aromatic amines is 1. The molecule has 0 radical (unpaired) electrons. The third-order valence-corrected chi connectivity index (χ3v) is 9.53. The van der Waals surface area contributed by atoms with Gasteiger partial charge in [0.15, 0.2) is 11.5 Å². The fourth-order valence-electron chi connectivity index (χ4n) is 7.21. The van der Waals surface area contributed by atoms with Gasteiger partial charge in [-0.2, -0.15) is 0 Å². The molecule has 3 aromatic rings. The second-order valence-electron chi connectivity index (χ2n) is 12.3. The zero-order valence-corrected chi connectivity index (χ0v) is 25.1. The number of nitrogens with one attached hydrogen (secondary N) is 1. The predicted octanol–water partition coefficient (Wildman–Crippen LogP) is 7.39. The molecular formula is C35H49N3O3. The number of H-pyrrole nitrogens is 1. The van der Waals surface area contributed by atoms with Gasteiger partial charge in [-0.25, -0.2) is 0 Å². The Balaban J connectivity index is 1.23. The molecular weight excluding hydrogens is 510 g/mol. The molecule has 1 heterocycles. The SMILES string of the molecule is CCOc1cc(CN(C(=O)CCCc2c[nH]c3ccccc23)C2CCC(CC3CCC(N)CC3)CC2)ccc1OC. The number of ether oxygens (including phenoxy) is 2. The van der Waals surface area contributed by atoms with Crippen LogP contribution in [-0.4, -0.2) is 41.6 Å². The van der Waals surface area contributed by atoms with Crippen molar-refractivity contribution in [2.75, 3.05) is 13.7 Å². The molecule has 0 unspecified atom stereocenters. The summed E-state index contributed by atoms with van der Waals surface area (Å²) in [5.41, 5.74) is 9.70. The number of rotatable bonds is 12. The Morgan fingerprint density at radius 1 is 0.976 bits per heavy atom. The number of fused-ring (bicyclic) bond motifs is 1. The van der Waals surface area contributed by atoms with Crippen LogP contribution in [0.25, 0.3) is 10.9 Å². The van der Waals surface area contributed by atoms with Gasteiger partial charge in [0.25, 0.3) is 0 Å². The highest BCUT2D eigenvalue weighted by molar-refractivity contribution is 5.83. The lowest BCUT2D eigenvalue weighted by Gasteiger charge is -2.39. The molecule has 2 aromatic carbocycles. The van der Waals surface area contributed by atoms with Crippen LogP contribution in [0.5, 0.6) is 11.5 Å². The molecule has 2 aliphatic rings. The number of nitrogens with two attached hydrogens (primary N) is 1. The van der Waals surface area contributed by atoms with Gasteiger partial charge in [-0.15, -0.1) is 0 Å². The zero-order valence-electron chi connectivity index (χ0n) is 25.1. The summed E-state index contributed by atoms with van der Waals surface area (Å²) in [6.07, 6.45) is 15.4. The number of benzene rings is 2. The van der Waals surface area contributed by atoms with Crippen molar-refractivity contribution >= 4 is 16.8 Å². The molecule has 6 heteroatoms. The summed E-state index contributed by atoms with van der Waals surface area (Å²) in [4.78, 5) is 19.4. The van der Waals surface area contributed by atoms with Gasteiger partial charge in [-0.05, 0) is 119 Å². The van der Waals surface area contributed by atoms with Crippen molar-refractivity contribution in [1.29, 1.82) is 0 Å². The van der Waals surface area contributed by atoms with E-state index in [4.69, 9.17) is 15.2 Å². The second-order valence-corrected chi connectivity index (χ2v) is 12.3. The summed E-state index contributed by atoms with van der Waals surface area (Å²) < 4.78 is 11.4. The fraction of sp³-hybridized carbons (Fsp3) is 0.571. The van der Waals surface area contributed by atoms with E-state index in [1.165, 1.54) is 55.9 Å². The average molecular weight is 560 g/mol. The largest absolute Gasteiger partial charge is 0.493 e.